The third-order valence-electron chi connectivity index (χ3n) is 2.92. The van der Waals surface area contributed by atoms with Gasteiger partial charge in [-0.3, -0.25) is 0 Å². The van der Waals surface area contributed by atoms with Crippen LogP contribution in [0.4, 0.5) is 5.82 Å². The predicted octanol–water partition coefficient (Wildman–Crippen LogP) is 2.46. The van der Waals surface area contributed by atoms with Crippen molar-refractivity contribution in [3.05, 3.63) is 29.0 Å². The first-order valence-electron chi connectivity index (χ1n) is 5.98. The van der Waals surface area contributed by atoms with Crippen LogP contribution in [0.25, 0.3) is 23.2 Å². The van der Waals surface area contributed by atoms with Crippen LogP contribution < -0.4 is 5.73 Å². The summed E-state index contributed by atoms with van der Waals surface area (Å²) >= 11 is 0. The van der Waals surface area contributed by atoms with Gasteiger partial charge in [-0.1, -0.05) is 25.3 Å². The van der Waals surface area contributed by atoms with E-state index in [1.54, 1.807) is 6.08 Å². The highest BCUT2D eigenvalue weighted by Gasteiger charge is 2.15. The summed E-state index contributed by atoms with van der Waals surface area (Å²) in [7, 11) is 0. The fourth-order valence-corrected chi connectivity index (χ4v) is 2.22. The molecule has 0 bridgehead atoms. The van der Waals surface area contributed by atoms with E-state index < -0.39 is 0 Å². The fourth-order valence-electron chi connectivity index (χ4n) is 2.22. The Morgan fingerprint density at radius 3 is 2.89 bits per heavy atom. The number of nitrogens with zero attached hydrogens (tertiary/aromatic N) is 3. The zero-order chi connectivity index (χ0) is 12.7. The average molecular weight is 238 g/mol. The highest BCUT2D eigenvalue weighted by molar-refractivity contribution is 5.94. The maximum Gasteiger partial charge on any atom is 0.152 e. The lowest BCUT2D eigenvalue weighted by molar-refractivity contribution is 0.532. The van der Waals surface area contributed by atoms with E-state index in [2.05, 4.69) is 39.8 Å². The van der Waals surface area contributed by atoms with E-state index in [1.807, 2.05) is 12.4 Å². The molecule has 2 aromatic heterocycles. The number of hydrogen-bond acceptors (Lipinski definition) is 3. The van der Waals surface area contributed by atoms with E-state index in [0.717, 1.165) is 28.8 Å². The third kappa shape index (κ3) is 1.56. The van der Waals surface area contributed by atoms with Gasteiger partial charge >= 0.3 is 0 Å². The molecule has 4 heteroatoms. The van der Waals surface area contributed by atoms with Gasteiger partial charge < -0.3 is 10.3 Å². The maximum absolute atomic E-state index is 5.96. The van der Waals surface area contributed by atoms with Crippen LogP contribution in [0.3, 0.4) is 0 Å². The van der Waals surface area contributed by atoms with Crippen LogP contribution in [0, 0.1) is 5.92 Å². The Balaban J connectivity index is 2.33. The Kier molecular flexibility index (Phi) is 2.34. The Morgan fingerprint density at radius 2 is 2.11 bits per heavy atom. The van der Waals surface area contributed by atoms with Crippen molar-refractivity contribution in [2.24, 2.45) is 5.92 Å². The molecule has 18 heavy (non-hydrogen) atoms. The van der Waals surface area contributed by atoms with Crippen molar-refractivity contribution < 1.29 is 0 Å². The van der Waals surface area contributed by atoms with Gasteiger partial charge in [0.05, 0.1) is 17.5 Å². The Hall–Kier alpha value is -2.28. The first-order chi connectivity index (χ1) is 8.66. The van der Waals surface area contributed by atoms with Gasteiger partial charge in [0.25, 0.3) is 0 Å². The molecule has 0 atom stereocenters. The molecule has 0 aromatic carbocycles. The zero-order valence-electron chi connectivity index (χ0n) is 10.4. The lowest BCUT2D eigenvalue weighted by Gasteiger charge is -2.11. The predicted molar refractivity (Wildman–Crippen MR) is 72.7 cm³/mol. The van der Waals surface area contributed by atoms with Crippen LogP contribution in [0.15, 0.2) is 17.8 Å². The summed E-state index contributed by atoms with van der Waals surface area (Å²) in [5.74, 6) is 1.02. The van der Waals surface area contributed by atoms with Crippen molar-refractivity contribution in [1.82, 2.24) is 14.5 Å². The molecule has 4 nitrogen and oxygen atoms in total. The van der Waals surface area contributed by atoms with Gasteiger partial charge in [0.1, 0.15) is 5.52 Å². The average Bonchev–Trinajstić information content (AvgIpc) is 2.73. The number of rotatable bonds is 2. The van der Waals surface area contributed by atoms with E-state index in [9.17, 15) is 0 Å². The molecule has 0 fully saturated rings. The van der Waals surface area contributed by atoms with Gasteiger partial charge in [0.15, 0.2) is 5.82 Å². The van der Waals surface area contributed by atoms with Crippen molar-refractivity contribution in [2.75, 3.05) is 5.73 Å². The summed E-state index contributed by atoms with van der Waals surface area (Å²) in [5, 5.41) is 0. The normalized spacial score (nSPS) is 12.6. The smallest absolute Gasteiger partial charge is 0.152 e. The highest BCUT2D eigenvalue weighted by Crippen LogP contribution is 2.28. The van der Waals surface area contributed by atoms with Crippen LogP contribution in [-0.2, 0) is 6.54 Å². The van der Waals surface area contributed by atoms with Gasteiger partial charge in [0.2, 0.25) is 0 Å². The summed E-state index contributed by atoms with van der Waals surface area (Å²) in [5.41, 5.74) is 15.5. The molecule has 3 rings (SSSR count). The standard InChI is InChI=1S/C14H14N4/c1-9(2)7-18-8-16-12-13(18)10-5-3-4-6-11(10)17-14(12)15/h5-6,8-9H,7H2,1-2H3,(H2,15,17). The van der Waals surface area contributed by atoms with Crippen molar-refractivity contribution in [1.29, 1.82) is 0 Å². The van der Waals surface area contributed by atoms with E-state index in [1.165, 1.54) is 0 Å². The second-order valence-electron chi connectivity index (χ2n) is 4.86. The molecule has 0 aliphatic heterocycles. The van der Waals surface area contributed by atoms with Crippen LogP contribution >= 0.6 is 0 Å². The van der Waals surface area contributed by atoms with Gasteiger partial charge in [-0.05, 0) is 5.92 Å². The first kappa shape index (κ1) is 10.8. The molecule has 1 aliphatic carbocycles. The molecule has 0 unspecified atom stereocenters. The SMILES string of the molecule is CC(C)Cn1cnc2c(N)nc3c(c21)C=C=C=C3. The number of pyridine rings is 1. The second-order valence-corrected chi connectivity index (χ2v) is 4.86. The summed E-state index contributed by atoms with van der Waals surface area (Å²) in [4.78, 5) is 8.72. The molecule has 0 saturated carbocycles. The minimum absolute atomic E-state index is 0.472. The zero-order valence-corrected chi connectivity index (χ0v) is 10.4. The van der Waals surface area contributed by atoms with Gasteiger partial charge in [-0.2, -0.15) is 0 Å². The third-order valence-corrected chi connectivity index (χ3v) is 2.92. The molecular weight excluding hydrogens is 224 g/mol. The van der Waals surface area contributed by atoms with Gasteiger partial charge in [-0.25, -0.2) is 9.97 Å². The minimum atomic E-state index is 0.472. The molecular formula is C14H14N4. The lowest BCUT2D eigenvalue weighted by Crippen LogP contribution is -2.05. The molecule has 1 aliphatic rings. The van der Waals surface area contributed by atoms with Gasteiger partial charge in [-0.15, -0.1) is 0 Å². The molecule has 90 valence electrons. The largest absolute Gasteiger partial charge is 0.382 e. The molecule has 2 N–H and O–H groups in total. The van der Waals surface area contributed by atoms with Gasteiger partial charge in [0, 0.05) is 24.3 Å². The number of anilines is 1. The van der Waals surface area contributed by atoms with Crippen molar-refractivity contribution >= 4 is 29.0 Å². The minimum Gasteiger partial charge on any atom is -0.382 e. The van der Waals surface area contributed by atoms with Crippen LogP contribution in [0.2, 0.25) is 0 Å². The molecule has 0 saturated heterocycles. The number of fused-ring (bicyclic) bond motifs is 3. The molecule has 2 aromatic rings. The number of nitrogen functional groups attached to an aromatic ring is 1. The quantitative estimate of drug-likeness (QED) is 0.698. The molecule has 0 amide bonds. The van der Waals surface area contributed by atoms with Crippen LogP contribution in [0.1, 0.15) is 25.1 Å². The number of hydrogen-bond donors (Lipinski definition) is 1. The van der Waals surface area contributed by atoms with Crippen molar-refractivity contribution in [3.8, 4) is 0 Å². The lowest BCUT2D eigenvalue weighted by atomic mass is 10.1. The molecule has 0 radical (unpaired) electrons. The van der Waals surface area contributed by atoms with E-state index in [-0.39, 0.29) is 0 Å². The first-order valence-corrected chi connectivity index (χ1v) is 5.98. The van der Waals surface area contributed by atoms with Crippen molar-refractivity contribution in [3.63, 3.8) is 0 Å². The number of aromatic nitrogens is 3. The Labute approximate surface area is 105 Å². The van der Waals surface area contributed by atoms with Crippen molar-refractivity contribution in [2.45, 2.75) is 20.4 Å². The van der Waals surface area contributed by atoms with E-state index in [0.29, 0.717) is 11.7 Å². The molecule has 0 spiro atoms. The van der Waals surface area contributed by atoms with Crippen LogP contribution in [0.5, 0.6) is 0 Å². The van der Waals surface area contributed by atoms with E-state index in [4.69, 9.17) is 5.73 Å². The topological polar surface area (TPSA) is 56.7 Å². The monoisotopic (exact) mass is 238 g/mol. The summed E-state index contributed by atoms with van der Waals surface area (Å²) in [6.07, 6.45) is 5.53. The van der Waals surface area contributed by atoms with Crippen LogP contribution in [-0.4, -0.2) is 14.5 Å². The highest BCUT2D eigenvalue weighted by atomic mass is 15.1. The number of imidazole rings is 1. The second kappa shape index (κ2) is 3.88. The molecule has 2 heterocycles. The Bertz CT molecular complexity index is 724. The summed E-state index contributed by atoms with van der Waals surface area (Å²) in [6.45, 7) is 5.27. The number of nitrogens with two attached hydrogens (primary N) is 1. The Morgan fingerprint density at radius 1 is 1.33 bits per heavy atom. The fraction of sp³-hybridized carbons (Fsp3) is 0.286. The maximum atomic E-state index is 5.96. The summed E-state index contributed by atoms with van der Waals surface area (Å²) in [6, 6.07) is 0. The van der Waals surface area contributed by atoms with E-state index >= 15 is 0 Å². The summed E-state index contributed by atoms with van der Waals surface area (Å²) < 4.78 is 2.13.